The van der Waals surface area contributed by atoms with E-state index in [0.717, 1.165) is 0 Å². The molecule has 1 aliphatic heterocycles. The van der Waals surface area contributed by atoms with E-state index in [0.29, 0.717) is 55.6 Å². The predicted molar refractivity (Wildman–Crippen MR) is 104 cm³/mol. The Kier molecular flexibility index (Phi) is 8.76. The van der Waals surface area contributed by atoms with Crippen LogP contribution in [0.4, 0.5) is 8.78 Å². The first-order valence-electron chi connectivity index (χ1n) is 9.37. The minimum absolute atomic E-state index is 0.0556. The third-order valence-electron chi connectivity index (χ3n) is 4.39. The van der Waals surface area contributed by atoms with Gasteiger partial charge in [-0.3, -0.25) is 4.79 Å². The quantitative estimate of drug-likeness (QED) is 0.416. The van der Waals surface area contributed by atoms with Crippen LogP contribution in [0.2, 0.25) is 5.02 Å². The van der Waals surface area contributed by atoms with Gasteiger partial charge in [0.05, 0.1) is 19.1 Å². The Bertz CT molecular complexity index is 680. The van der Waals surface area contributed by atoms with Gasteiger partial charge < -0.3 is 19.7 Å². The molecule has 1 aromatic carbocycles. The van der Waals surface area contributed by atoms with Crippen molar-refractivity contribution in [3.8, 4) is 5.75 Å². The number of nitrogens with zero attached hydrogens (tertiary/aromatic N) is 2. The number of piperidine rings is 1. The number of hydrogen-bond donors (Lipinski definition) is 1. The molecule has 0 amide bonds. The first-order chi connectivity index (χ1) is 13.4. The van der Waals surface area contributed by atoms with Gasteiger partial charge >= 0.3 is 12.6 Å². The highest BCUT2D eigenvalue weighted by Gasteiger charge is 2.27. The average molecular weight is 418 g/mol. The molecule has 0 aromatic heterocycles. The molecule has 1 fully saturated rings. The summed E-state index contributed by atoms with van der Waals surface area (Å²) in [4.78, 5) is 18.5. The van der Waals surface area contributed by atoms with Crippen LogP contribution >= 0.6 is 11.6 Å². The van der Waals surface area contributed by atoms with E-state index in [1.165, 1.54) is 12.1 Å². The molecule has 1 aliphatic rings. The van der Waals surface area contributed by atoms with Crippen molar-refractivity contribution >= 4 is 23.5 Å². The number of benzene rings is 1. The molecule has 0 saturated carbocycles. The standard InChI is InChI=1S/C19H26ClF2N3O3/c1-3-23-19(25-9-7-13(8-10-25)17(26)27-4-2)24-12-14-11-15(20)5-6-16(14)28-18(21)22/h5-6,11,13,18H,3-4,7-10,12H2,1-2H3,(H,23,24). The van der Waals surface area contributed by atoms with E-state index in [1.807, 2.05) is 6.92 Å². The molecular formula is C19H26ClF2N3O3. The SMILES string of the molecule is CCNC(=NCc1cc(Cl)ccc1OC(F)F)N1CCC(C(=O)OCC)CC1. The molecule has 1 heterocycles. The average Bonchev–Trinajstić information content (AvgIpc) is 2.67. The van der Waals surface area contributed by atoms with Gasteiger partial charge in [0.2, 0.25) is 0 Å². The highest BCUT2D eigenvalue weighted by molar-refractivity contribution is 6.30. The number of alkyl halides is 2. The van der Waals surface area contributed by atoms with E-state index in [-0.39, 0.29) is 24.2 Å². The Balaban J connectivity index is 2.07. The van der Waals surface area contributed by atoms with Gasteiger partial charge in [0, 0.05) is 30.2 Å². The number of likely N-dealkylation sites (tertiary alicyclic amines) is 1. The van der Waals surface area contributed by atoms with Crippen molar-refractivity contribution in [1.29, 1.82) is 0 Å². The summed E-state index contributed by atoms with van der Waals surface area (Å²) < 4.78 is 34.9. The smallest absolute Gasteiger partial charge is 0.387 e. The number of carbonyl (C=O) groups excluding carboxylic acids is 1. The summed E-state index contributed by atoms with van der Waals surface area (Å²) in [5.41, 5.74) is 0.476. The van der Waals surface area contributed by atoms with Crippen LogP contribution in [-0.2, 0) is 16.1 Å². The lowest BCUT2D eigenvalue weighted by atomic mass is 9.97. The van der Waals surface area contributed by atoms with E-state index in [1.54, 1.807) is 13.0 Å². The monoisotopic (exact) mass is 417 g/mol. The van der Waals surface area contributed by atoms with Crippen LogP contribution in [0.3, 0.4) is 0 Å². The number of hydrogen-bond acceptors (Lipinski definition) is 4. The fourth-order valence-corrected chi connectivity index (χ4v) is 3.25. The van der Waals surface area contributed by atoms with E-state index in [2.05, 4.69) is 19.9 Å². The van der Waals surface area contributed by atoms with Crippen molar-refractivity contribution in [2.75, 3.05) is 26.2 Å². The Morgan fingerprint density at radius 1 is 1.36 bits per heavy atom. The second-order valence-corrected chi connectivity index (χ2v) is 6.75. The number of halogens is 3. The van der Waals surface area contributed by atoms with Gasteiger partial charge in [0.15, 0.2) is 5.96 Å². The summed E-state index contributed by atoms with van der Waals surface area (Å²) in [6.07, 6.45) is 1.36. The number of rotatable bonds is 7. The normalized spacial score (nSPS) is 15.6. The first-order valence-corrected chi connectivity index (χ1v) is 9.75. The molecule has 28 heavy (non-hydrogen) atoms. The Labute approximate surface area is 168 Å². The molecule has 2 rings (SSSR count). The van der Waals surface area contributed by atoms with Crippen LogP contribution in [0.25, 0.3) is 0 Å². The maximum Gasteiger partial charge on any atom is 0.387 e. The number of guanidine groups is 1. The zero-order valence-corrected chi connectivity index (χ0v) is 16.8. The lowest BCUT2D eigenvalue weighted by Gasteiger charge is -2.33. The summed E-state index contributed by atoms with van der Waals surface area (Å²) in [7, 11) is 0. The van der Waals surface area contributed by atoms with Crippen LogP contribution in [0.1, 0.15) is 32.3 Å². The molecule has 1 aromatic rings. The van der Waals surface area contributed by atoms with Crippen LogP contribution in [0.5, 0.6) is 5.75 Å². The van der Waals surface area contributed by atoms with Gasteiger partial charge in [-0.15, -0.1) is 0 Å². The van der Waals surface area contributed by atoms with E-state index in [4.69, 9.17) is 16.3 Å². The minimum atomic E-state index is -2.92. The fraction of sp³-hybridized carbons (Fsp3) is 0.579. The van der Waals surface area contributed by atoms with Gasteiger partial charge in [0.25, 0.3) is 0 Å². The predicted octanol–water partition coefficient (Wildman–Crippen LogP) is 3.68. The Morgan fingerprint density at radius 3 is 2.68 bits per heavy atom. The molecule has 0 aliphatic carbocycles. The molecule has 156 valence electrons. The number of ether oxygens (including phenoxy) is 2. The topological polar surface area (TPSA) is 63.2 Å². The molecule has 6 nitrogen and oxygen atoms in total. The van der Waals surface area contributed by atoms with Gasteiger partial charge in [0.1, 0.15) is 5.75 Å². The van der Waals surface area contributed by atoms with E-state index >= 15 is 0 Å². The summed E-state index contributed by atoms with van der Waals surface area (Å²) in [6, 6.07) is 4.48. The van der Waals surface area contributed by atoms with Gasteiger partial charge in [-0.05, 0) is 44.9 Å². The fourth-order valence-electron chi connectivity index (χ4n) is 3.06. The molecule has 0 atom stereocenters. The van der Waals surface area contributed by atoms with Crippen molar-refractivity contribution in [3.63, 3.8) is 0 Å². The highest BCUT2D eigenvalue weighted by atomic mass is 35.5. The van der Waals surface area contributed by atoms with E-state index < -0.39 is 6.61 Å². The molecule has 0 bridgehead atoms. The molecule has 1 N–H and O–H groups in total. The van der Waals surface area contributed by atoms with Crippen LogP contribution in [0, 0.1) is 5.92 Å². The van der Waals surface area contributed by atoms with Crippen LogP contribution in [0.15, 0.2) is 23.2 Å². The van der Waals surface area contributed by atoms with Crippen molar-refractivity contribution < 1.29 is 23.0 Å². The number of aliphatic imine (C=N–C) groups is 1. The maximum atomic E-state index is 12.6. The first kappa shape index (κ1) is 22.2. The second-order valence-electron chi connectivity index (χ2n) is 6.31. The van der Waals surface area contributed by atoms with Crippen molar-refractivity contribution in [3.05, 3.63) is 28.8 Å². The number of nitrogens with one attached hydrogen (secondary N) is 1. The summed E-state index contributed by atoms with van der Waals surface area (Å²) in [5.74, 6) is 0.461. The van der Waals surface area contributed by atoms with Gasteiger partial charge in [-0.25, -0.2) is 4.99 Å². The zero-order chi connectivity index (χ0) is 20.5. The number of carbonyl (C=O) groups is 1. The van der Waals surface area contributed by atoms with Crippen molar-refractivity contribution in [1.82, 2.24) is 10.2 Å². The summed E-state index contributed by atoms with van der Waals surface area (Å²) >= 11 is 5.99. The molecule has 0 radical (unpaired) electrons. The van der Waals surface area contributed by atoms with Crippen LogP contribution in [-0.4, -0.2) is 49.7 Å². The molecule has 0 unspecified atom stereocenters. The van der Waals surface area contributed by atoms with Crippen LogP contribution < -0.4 is 10.1 Å². The molecule has 0 spiro atoms. The zero-order valence-electron chi connectivity index (χ0n) is 16.1. The van der Waals surface area contributed by atoms with Crippen molar-refractivity contribution in [2.24, 2.45) is 10.9 Å². The Hall–Kier alpha value is -2.09. The molecular weight excluding hydrogens is 392 g/mol. The Morgan fingerprint density at radius 2 is 2.07 bits per heavy atom. The maximum absolute atomic E-state index is 12.6. The van der Waals surface area contributed by atoms with Crippen molar-refractivity contribution in [2.45, 2.75) is 39.8 Å². The van der Waals surface area contributed by atoms with Gasteiger partial charge in [-0.2, -0.15) is 8.78 Å². The minimum Gasteiger partial charge on any atom is -0.466 e. The number of esters is 1. The molecule has 1 saturated heterocycles. The molecule has 9 heteroatoms. The highest BCUT2D eigenvalue weighted by Crippen LogP contribution is 2.25. The summed E-state index contributed by atoms with van der Waals surface area (Å²) in [6.45, 7) is 3.33. The van der Waals surface area contributed by atoms with Gasteiger partial charge in [-0.1, -0.05) is 11.6 Å². The third-order valence-corrected chi connectivity index (χ3v) is 4.62. The lowest BCUT2D eigenvalue weighted by Crippen LogP contribution is -2.46. The largest absolute Gasteiger partial charge is 0.466 e. The second kappa shape index (κ2) is 11.0. The summed E-state index contributed by atoms with van der Waals surface area (Å²) in [5, 5.41) is 3.63. The third kappa shape index (κ3) is 6.51. The van der Waals surface area contributed by atoms with E-state index in [9.17, 15) is 13.6 Å². The lowest BCUT2D eigenvalue weighted by molar-refractivity contribution is -0.149.